The van der Waals surface area contributed by atoms with E-state index in [1.165, 1.54) is 6.33 Å². The summed E-state index contributed by atoms with van der Waals surface area (Å²) < 4.78 is 5.32. The van der Waals surface area contributed by atoms with Gasteiger partial charge in [0.15, 0.2) is 0 Å². The zero-order chi connectivity index (χ0) is 25.8. The number of aromatic amines is 1. The molecule has 0 bridgehead atoms. The second kappa shape index (κ2) is 10.4. The van der Waals surface area contributed by atoms with Crippen LogP contribution in [-0.4, -0.2) is 44.5 Å². The van der Waals surface area contributed by atoms with Gasteiger partial charge in [-0.3, -0.25) is 4.57 Å². The van der Waals surface area contributed by atoms with E-state index in [2.05, 4.69) is 81.1 Å². The Balaban J connectivity index is 1.60. The van der Waals surface area contributed by atoms with Crippen LogP contribution in [0.4, 0.5) is 0 Å². The summed E-state index contributed by atoms with van der Waals surface area (Å²) in [6.07, 6.45) is 14.3. The minimum atomic E-state index is -0.562. The molecule has 0 amide bonds. The average molecular weight is 501 g/mol. The van der Waals surface area contributed by atoms with Crippen molar-refractivity contribution in [2.24, 2.45) is 5.92 Å². The molecule has 5 rings (SSSR count). The van der Waals surface area contributed by atoms with E-state index in [1.54, 1.807) is 9.25 Å². The third kappa shape index (κ3) is 4.89. The SMILES string of the molecule is CCCCc1cn(-c2ncnn2CC(C)C)c(=O)n1CC1(c2cccc(-c3nn[nH]n3)c2)C=CNC=C1. The van der Waals surface area contributed by atoms with Crippen LogP contribution in [0.25, 0.3) is 17.3 Å². The lowest BCUT2D eigenvalue weighted by atomic mass is 9.78. The molecule has 0 unspecified atom stereocenters. The lowest BCUT2D eigenvalue weighted by Gasteiger charge is -2.31. The monoisotopic (exact) mass is 500 g/mol. The number of nitrogens with zero attached hydrogens (tertiary/aromatic N) is 8. The second-order valence-electron chi connectivity index (χ2n) is 9.79. The number of unbranched alkanes of at least 4 members (excludes halogenated alkanes) is 1. The summed E-state index contributed by atoms with van der Waals surface area (Å²) in [4.78, 5) is 18.4. The Kier molecular flexibility index (Phi) is 6.85. The molecule has 0 atom stereocenters. The standard InChI is InChI=1S/C26H32N10O/c1-4-5-9-22-16-34(24-28-18-29-36(24)15-19(2)3)25(37)35(22)17-26(10-12-27-13-11-26)21-8-6-7-20(14-21)23-30-32-33-31-23/h6-8,10-14,16,18-19,27H,4-5,9,15,17H2,1-3H3,(H,30,31,32,33). The Labute approximate surface area is 214 Å². The number of benzene rings is 1. The van der Waals surface area contributed by atoms with Crippen LogP contribution < -0.4 is 11.0 Å². The number of dihydropyridines is 1. The molecule has 1 aliphatic rings. The Morgan fingerprint density at radius 3 is 2.73 bits per heavy atom. The van der Waals surface area contributed by atoms with Crippen molar-refractivity contribution in [1.29, 1.82) is 0 Å². The van der Waals surface area contributed by atoms with Crippen LogP contribution in [0.2, 0.25) is 0 Å². The predicted molar refractivity (Wildman–Crippen MR) is 140 cm³/mol. The number of aryl methyl sites for hydroxylation is 1. The van der Waals surface area contributed by atoms with Gasteiger partial charge in [-0.05, 0) is 48.0 Å². The number of hydrogen-bond acceptors (Lipinski definition) is 7. The number of imidazole rings is 1. The first-order valence-corrected chi connectivity index (χ1v) is 12.7. The maximum Gasteiger partial charge on any atom is 0.335 e. The van der Waals surface area contributed by atoms with Gasteiger partial charge in [0.1, 0.15) is 6.33 Å². The molecule has 2 N–H and O–H groups in total. The van der Waals surface area contributed by atoms with E-state index >= 15 is 0 Å². The van der Waals surface area contributed by atoms with E-state index in [0.29, 0.717) is 30.8 Å². The molecule has 4 aromatic rings. The van der Waals surface area contributed by atoms with Crippen LogP contribution in [0.15, 0.2) is 66.1 Å². The molecule has 11 nitrogen and oxygen atoms in total. The number of H-pyrrole nitrogens is 1. The van der Waals surface area contributed by atoms with Gasteiger partial charge in [0.05, 0.1) is 5.41 Å². The molecule has 11 heteroatoms. The van der Waals surface area contributed by atoms with Gasteiger partial charge in [-0.15, -0.1) is 10.2 Å². The number of rotatable bonds is 10. The molecule has 192 valence electrons. The fourth-order valence-corrected chi connectivity index (χ4v) is 4.70. The first-order valence-electron chi connectivity index (χ1n) is 12.7. The van der Waals surface area contributed by atoms with E-state index in [-0.39, 0.29) is 5.69 Å². The molecule has 1 aromatic carbocycles. The molecule has 1 aliphatic heterocycles. The maximum atomic E-state index is 13.9. The summed E-state index contributed by atoms with van der Waals surface area (Å²) in [7, 11) is 0. The van der Waals surface area contributed by atoms with Crippen molar-refractivity contribution in [1.82, 2.24) is 49.8 Å². The zero-order valence-electron chi connectivity index (χ0n) is 21.4. The van der Waals surface area contributed by atoms with E-state index < -0.39 is 5.41 Å². The van der Waals surface area contributed by atoms with Crippen LogP contribution in [0.1, 0.15) is 44.9 Å². The first-order chi connectivity index (χ1) is 18.0. The molecule has 3 aromatic heterocycles. The summed E-state index contributed by atoms with van der Waals surface area (Å²) in [5.74, 6) is 1.44. The molecule has 0 saturated heterocycles. The van der Waals surface area contributed by atoms with Gasteiger partial charge < -0.3 is 5.32 Å². The first kappa shape index (κ1) is 24.4. The van der Waals surface area contributed by atoms with Crippen LogP contribution in [0.5, 0.6) is 0 Å². The van der Waals surface area contributed by atoms with Gasteiger partial charge in [0.2, 0.25) is 11.8 Å². The van der Waals surface area contributed by atoms with Crippen LogP contribution in [0, 0.1) is 5.92 Å². The van der Waals surface area contributed by atoms with Crippen molar-refractivity contribution in [3.63, 3.8) is 0 Å². The highest BCUT2D eigenvalue weighted by molar-refractivity contribution is 5.57. The van der Waals surface area contributed by atoms with E-state index in [1.807, 2.05) is 35.3 Å². The van der Waals surface area contributed by atoms with Crippen molar-refractivity contribution in [3.05, 3.63) is 83.1 Å². The summed E-state index contributed by atoms with van der Waals surface area (Å²) in [5.41, 5.74) is 2.16. The summed E-state index contributed by atoms with van der Waals surface area (Å²) >= 11 is 0. The smallest absolute Gasteiger partial charge is 0.335 e. The fourth-order valence-electron chi connectivity index (χ4n) is 4.70. The summed E-state index contributed by atoms with van der Waals surface area (Å²) in [6, 6.07) is 8.05. The fraction of sp³-hybridized carbons (Fsp3) is 0.385. The molecule has 0 spiro atoms. The zero-order valence-corrected chi connectivity index (χ0v) is 21.4. The maximum absolute atomic E-state index is 13.9. The number of allylic oxidation sites excluding steroid dienone is 2. The van der Waals surface area contributed by atoms with Crippen molar-refractivity contribution in [2.75, 3.05) is 0 Å². The molecular formula is C26H32N10O. The molecule has 0 radical (unpaired) electrons. The highest BCUT2D eigenvalue weighted by Crippen LogP contribution is 2.33. The number of aromatic nitrogens is 9. The Morgan fingerprint density at radius 2 is 2.00 bits per heavy atom. The van der Waals surface area contributed by atoms with Gasteiger partial charge in [-0.25, -0.2) is 14.0 Å². The average Bonchev–Trinajstić information content (AvgIpc) is 3.66. The van der Waals surface area contributed by atoms with E-state index in [0.717, 1.165) is 36.1 Å². The third-order valence-electron chi connectivity index (χ3n) is 6.57. The Morgan fingerprint density at radius 1 is 1.16 bits per heavy atom. The summed E-state index contributed by atoms with van der Waals surface area (Å²) in [5, 5.41) is 22.0. The number of hydrogen-bond donors (Lipinski definition) is 2. The van der Waals surface area contributed by atoms with Crippen molar-refractivity contribution in [3.8, 4) is 17.3 Å². The second-order valence-corrected chi connectivity index (χ2v) is 9.79. The van der Waals surface area contributed by atoms with Crippen molar-refractivity contribution in [2.45, 2.75) is 58.5 Å². The predicted octanol–water partition coefficient (Wildman–Crippen LogP) is 2.98. The van der Waals surface area contributed by atoms with Gasteiger partial charge in [-0.1, -0.05) is 57.5 Å². The van der Waals surface area contributed by atoms with Crippen LogP contribution >= 0.6 is 0 Å². The largest absolute Gasteiger partial charge is 0.368 e. The quantitative estimate of drug-likeness (QED) is 0.343. The minimum absolute atomic E-state index is 0.127. The van der Waals surface area contributed by atoms with Crippen molar-refractivity contribution >= 4 is 0 Å². The van der Waals surface area contributed by atoms with E-state index in [4.69, 9.17) is 0 Å². The van der Waals surface area contributed by atoms with Crippen LogP contribution in [-0.2, 0) is 24.9 Å². The molecule has 4 heterocycles. The van der Waals surface area contributed by atoms with Crippen molar-refractivity contribution < 1.29 is 0 Å². The van der Waals surface area contributed by atoms with Gasteiger partial charge >= 0.3 is 5.69 Å². The normalized spacial score (nSPS) is 14.4. The highest BCUT2D eigenvalue weighted by Gasteiger charge is 2.32. The van der Waals surface area contributed by atoms with Gasteiger partial charge in [0, 0.05) is 30.5 Å². The minimum Gasteiger partial charge on any atom is -0.368 e. The number of tetrazole rings is 1. The highest BCUT2D eigenvalue weighted by atomic mass is 16.2. The topological polar surface area (TPSA) is 124 Å². The Bertz CT molecular complexity index is 1440. The Hall–Kier alpha value is -4.28. The lowest BCUT2D eigenvalue weighted by Crippen LogP contribution is -2.36. The lowest BCUT2D eigenvalue weighted by molar-refractivity contribution is 0.469. The van der Waals surface area contributed by atoms with Gasteiger partial charge in [0.25, 0.3) is 0 Å². The molecule has 0 aliphatic carbocycles. The molecule has 37 heavy (non-hydrogen) atoms. The number of nitrogens with one attached hydrogen (secondary N) is 2. The van der Waals surface area contributed by atoms with E-state index in [9.17, 15) is 4.79 Å². The molecule has 0 saturated carbocycles. The van der Waals surface area contributed by atoms with Gasteiger partial charge in [-0.2, -0.15) is 15.3 Å². The molecule has 0 fully saturated rings. The van der Waals surface area contributed by atoms with Crippen LogP contribution in [0.3, 0.4) is 0 Å². The summed E-state index contributed by atoms with van der Waals surface area (Å²) in [6.45, 7) is 7.51. The molecular weight excluding hydrogens is 468 g/mol. The third-order valence-corrected chi connectivity index (χ3v) is 6.57.